The first-order valence-electron chi connectivity index (χ1n) is 11.2. The molecule has 2 aromatic heterocycles. The zero-order valence-corrected chi connectivity index (χ0v) is 19.5. The average Bonchev–Trinajstić information content (AvgIpc) is 3.50. The summed E-state index contributed by atoms with van der Waals surface area (Å²) in [6.45, 7) is 0.592. The zero-order valence-electron chi connectivity index (χ0n) is 19.5. The standard InChI is InChI=1S/C23H29N7O6/c1-12(31)20(23(36)27-10-19(32)33)30-22(35)18(6-13-8-26-17-5-3-2-4-15(13)17)29-21(34)16(24)7-14-9-25-11-28-14/h2-5,8-9,11-12,16,18,20,26,31H,6-7,10,24H2,1H3,(H,25,28)(H,27,36)(H,29,34)(H,30,35)(H,32,33). The van der Waals surface area contributed by atoms with Gasteiger partial charge in [-0.05, 0) is 18.6 Å². The molecule has 3 rings (SSSR count). The zero-order chi connectivity index (χ0) is 26.2. The average molecular weight is 500 g/mol. The van der Waals surface area contributed by atoms with Crippen LogP contribution in [0.25, 0.3) is 10.9 Å². The Kier molecular flexibility index (Phi) is 8.76. The van der Waals surface area contributed by atoms with Crippen LogP contribution >= 0.6 is 0 Å². The van der Waals surface area contributed by atoms with Crippen LogP contribution in [0.3, 0.4) is 0 Å². The molecule has 192 valence electrons. The van der Waals surface area contributed by atoms with Gasteiger partial charge in [-0.25, -0.2) is 4.98 Å². The van der Waals surface area contributed by atoms with Gasteiger partial charge in [0.15, 0.2) is 0 Å². The molecule has 13 heteroatoms. The second-order valence-electron chi connectivity index (χ2n) is 8.35. The van der Waals surface area contributed by atoms with Crippen LogP contribution in [-0.2, 0) is 32.0 Å². The summed E-state index contributed by atoms with van der Waals surface area (Å²) in [7, 11) is 0. The molecule has 0 spiro atoms. The van der Waals surface area contributed by atoms with Crippen molar-refractivity contribution in [1.29, 1.82) is 0 Å². The summed E-state index contributed by atoms with van der Waals surface area (Å²) < 4.78 is 0. The Bertz CT molecular complexity index is 1210. The largest absolute Gasteiger partial charge is 0.480 e. The minimum absolute atomic E-state index is 0.0572. The van der Waals surface area contributed by atoms with Gasteiger partial charge in [-0.15, -0.1) is 0 Å². The predicted molar refractivity (Wildman–Crippen MR) is 128 cm³/mol. The number of hydrogen-bond donors (Lipinski definition) is 8. The van der Waals surface area contributed by atoms with Gasteiger partial charge in [0, 0.05) is 41.8 Å². The topological polar surface area (TPSA) is 215 Å². The van der Waals surface area contributed by atoms with E-state index < -0.39 is 54.5 Å². The molecule has 0 fully saturated rings. The quantitative estimate of drug-likeness (QED) is 0.147. The van der Waals surface area contributed by atoms with E-state index in [1.807, 2.05) is 24.3 Å². The number of fused-ring (bicyclic) bond motifs is 1. The molecule has 0 radical (unpaired) electrons. The first-order valence-corrected chi connectivity index (χ1v) is 11.2. The minimum Gasteiger partial charge on any atom is -0.480 e. The number of rotatable bonds is 12. The molecule has 4 atom stereocenters. The summed E-state index contributed by atoms with van der Waals surface area (Å²) in [6, 6.07) is 3.82. The van der Waals surface area contributed by atoms with E-state index >= 15 is 0 Å². The molecule has 3 aromatic rings. The summed E-state index contributed by atoms with van der Waals surface area (Å²) in [6.07, 6.45) is 3.58. The smallest absolute Gasteiger partial charge is 0.322 e. The van der Waals surface area contributed by atoms with Crippen LogP contribution in [0.1, 0.15) is 18.2 Å². The van der Waals surface area contributed by atoms with Crippen molar-refractivity contribution < 1.29 is 29.4 Å². The number of carboxylic acid groups (broad SMARTS) is 1. The number of amides is 3. The Morgan fingerprint density at radius 3 is 2.47 bits per heavy atom. The fourth-order valence-corrected chi connectivity index (χ4v) is 3.67. The van der Waals surface area contributed by atoms with Gasteiger partial charge >= 0.3 is 5.97 Å². The number of aromatic nitrogens is 3. The lowest BCUT2D eigenvalue weighted by atomic mass is 10.0. The summed E-state index contributed by atoms with van der Waals surface area (Å²) in [5, 5.41) is 26.9. The van der Waals surface area contributed by atoms with E-state index in [4.69, 9.17) is 10.8 Å². The van der Waals surface area contributed by atoms with Gasteiger partial charge in [-0.2, -0.15) is 0 Å². The number of aromatic amines is 2. The molecule has 0 aliphatic rings. The maximum absolute atomic E-state index is 13.2. The maximum atomic E-state index is 13.2. The van der Waals surface area contributed by atoms with Crippen LogP contribution in [0.5, 0.6) is 0 Å². The third kappa shape index (κ3) is 6.90. The van der Waals surface area contributed by atoms with Gasteiger partial charge in [0.1, 0.15) is 18.6 Å². The lowest BCUT2D eigenvalue weighted by Gasteiger charge is -2.25. The lowest BCUT2D eigenvalue weighted by molar-refractivity contribution is -0.139. The monoisotopic (exact) mass is 499 g/mol. The third-order valence-electron chi connectivity index (χ3n) is 5.54. The van der Waals surface area contributed by atoms with Crippen LogP contribution < -0.4 is 21.7 Å². The highest BCUT2D eigenvalue weighted by atomic mass is 16.4. The van der Waals surface area contributed by atoms with Gasteiger partial charge in [0.2, 0.25) is 17.7 Å². The Balaban J connectivity index is 1.79. The number of nitrogens with zero attached hydrogens (tertiary/aromatic N) is 1. The summed E-state index contributed by atoms with van der Waals surface area (Å²) in [4.78, 5) is 59.1. The lowest BCUT2D eigenvalue weighted by Crippen LogP contribution is -2.59. The van der Waals surface area contributed by atoms with Crippen molar-refractivity contribution in [3.05, 3.63) is 54.2 Å². The van der Waals surface area contributed by atoms with Gasteiger partial charge in [0.25, 0.3) is 0 Å². The first kappa shape index (κ1) is 26.4. The van der Waals surface area contributed by atoms with Crippen LogP contribution in [-0.4, -0.2) is 79.6 Å². The second-order valence-corrected chi connectivity index (χ2v) is 8.35. The number of carbonyl (C=O) groups excluding carboxylic acids is 3. The molecule has 1 aromatic carbocycles. The maximum Gasteiger partial charge on any atom is 0.322 e. The number of aliphatic carboxylic acids is 1. The number of imidazole rings is 1. The highest BCUT2D eigenvalue weighted by molar-refractivity contribution is 5.94. The number of benzene rings is 1. The number of carboxylic acids is 1. The first-order chi connectivity index (χ1) is 17.2. The van der Waals surface area contributed by atoms with Crippen molar-refractivity contribution in [3.63, 3.8) is 0 Å². The number of nitrogens with two attached hydrogens (primary N) is 1. The Morgan fingerprint density at radius 1 is 1.06 bits per heavy atom. The molecule has 3 amide bonds. The number of hydrogen-bond acceptors (Lipinski definition) is 7. The number of nitrogens with one attached hydrogen (secondary N) is 5. The van der Waals surface area contributed by atoms with E-state index in [0.717, 1.165) is 16.5 Å². The Labute approximate surface area is 205 Å². The highest BCUT2D eigenvalue weighted by Crippen LogP contribution is 2.19. The van der Waals surface area contributed by atoms with E-state index in [1.165, 1.54) is 19.4 Å². The fraction of sp³-hybridized carbons (Fsp3) is 0.348. The second kappa shape index (κ2) is 12.0. The number of para-hydroxylation sites is 1. The summed E-state index contributed by atoms with van der Waals surface area (Å²) in [5.74, 6) is -3.52. The van der Waals surface area contributed by atoms with E-state index in [1.54, 1.807) is 6.20 Å². The molecule has 9 N–H and O–H groups in total. The Morgan fingerprint density at radius 2 is 1.81 bits per heavy atom. The number of H-pyrrole nitrogens is 2. The SMILES string of the molecule is CC(O)C(NC(=O)C(Cc1c[nH]c2ccccc12)NC(=O)C(N)Cc1cnc[nH]1)C(=O)NCC(=O)O. The number of aliphatic hydroxyl groups excluding tert-OH is 1. The highest BCUT2D eigenvalue weighted by Gasteiger charge is 2.31. The third-order valence-corrected chi connectivity index (χ3v) is 5.54. The van der Waals surface area contributed by atoms with Gasteiger partial charge in [-0.1, -0.05) is 18.2 Å². The van der Waals surface area contributed by atoms with Gasteiger partial charge < -0.3 is 41.9 Å². The van der Waals surface area contributed by atoms with Crippen molar-refractivity contribution in [2.24, 2.45) is 5.73 Å². The van der Waals surface area contributed by atoms with E-state index in [2.05, 4.69) is 30.9 Å². The van der Waals surface area contributed by atoms with Crippen molar-refractivity contribution in [1.82, 2.24) is 30.9 Å². The summed E-state index contributed by atoms with van der Waals surface area (Å²) in [5.41, 5.74) is 8.24. The van der Waals surface area contributed by atoms with Crippen molar-refractivity contribution in [3.8, 4) is 0 Å². The van der Waals surface area contributed by atoms with E-state index in [-0.39, 0.29) is 12.8 Å². The van der Waals surface area contributed by atoms with E-state index in [0.29, 0.717) is 5.69 Å². The van der Waals surface area contributed by atoms with Crippen LogP contribution in [0.4, 0.5) is 0 Å². The molecule has 0 bridgehead atoms. The van der Waals surface area contributed by atoms with Crippen molar-refractivity contribution in [2.45, 2.75) is 44.0 Å². The summed E-state index contributed by atoms with van der Waals surface area (Å²) >= 11 is 0. The minimum atomic E-state index is -1.45. The molecule has 36 heavy (non-hydrogen) atoms. The molecule has 0 saturated heterocycles. The molecule has 0 aliphatic carbocycles. The Hall–Kier alpha value is -4.23. The number of carbonyl (C=O) groups is 4. The number of aliphatic hydroxyl groups is 1. The molecule has 0 saturated carbocycles. The molecule has 4 unspecified atom stereocenters. The van der Waals surface area contributed by atoms with Crippen LogP contribution in [0, 0.1) is 0 Å². The molecule has 0 aliphatic heterocycles. The molecular formula is C23H29N7O6. The van der Waals surface area contributed by atoms with Crippen LogP contribution in [0.15, 0.2) is 43.0 Å². The fourth-order valence-electron chi connectivity index (χ4n) is 3.67. The molecule has 13 nitrogen and oxygen atoms in total. The molecular weight excluding hydrogens is 470 g/mol. The van der Waals surface area contributed by atoms with Crippen LogP contribution in [0.2, 0.25) is 0 Å². The predicted octanol–water partition coefficient (Wildman–Crippen LogP) is -1.45. The van der Waals surface area contributed by atoms with Gasteiger partial charge in [-0.3, -0.25) is 19.2 Å². The van der Waals surface area contributed by atoms with E-state index in [9.17, 15) is 24.3 Å². The van der Waals surface area contributed by atoms with Gasteiger partial charge in [0.05, 0.1) is 18.5 Å². The molecule has 2 heterocycles. The van der Waals surface area contributed by atoms with Crippen molar-refractivity contribution >= 4 is 34.6 Å². The normalized spacial score (nSPS) is 14.4. The van der Waals surface area contributed by atoms with Crippen molar-refractivity contribution in [2.75, 3.05) is 6.54 Å².